The molecule has 1 fully saturated rings. The maximum Gasteiger partial charge on any atom is 0.250 e. The minimum absolute atomic E-state index is 0.0383. The molecule has 4 atom stereocenters. The van der Waals surface area contributed by atoms with Crippen LogP contribution >= 0.6 is 23.2 Å². The number of ether oxygens (including phenoxy) is 1. The molecule has 9 heteroatoms. The highest BCUT2D eigenvalue weighted by Gasteiger charge is 2.66. The second-order valence-corrected chi connectivity index (χ2v) is 8.72. The van der Waals surface area contributed by atoms with Crippen LogP contribution in [0.4, 0.5) is 10.1 Å². The molecule has 4 N–H and O–H groups in total. The summed E-state index contributed by atoms with van der Waals surface area (Å²) in [7, 11) is 1.57. The van der Waals surface area contributed by atoms with Crippen LogP contribution in [0.1, 0.15) is 23.5 Å². The van der Waals surface area contributed by atoms with Crippen LogP contribution in [0.15, 0.2) is 36.4 Å². The third-order valence-corrected chi connectivity index (χ3v) is 6.92. The SMILES string of the molecule is COCCN1[C@@H](CCO)[C@@H](N)[C@H](c2cccc(Cl)c2F)[C@]12C(=O)Nc1cc(Cl)ccc12. The van der Waals surface area contributed by atoms with Gasteiger partial charge in [-0.15, -0.1) is 0 Å². The first-order valence-electron chi connectivity index (χ1n) is 10.0. The molecule has 0 saturated carbocycles. The van der Waals surface area contributed by atoms with Crippen molar-refractivity contribution in [1.29, 1.82) is 0 Å². The predicted molar refractivity (Wildman–Crippen MR) is 118 cm³/mol. The minimum Gasteiger partial charge on any atom is -0.396 e. The van der Waals surface area contributed by atoms with E-state index in [1.165, 1.54) is 6.07 Å². The number of aliphatic hydroxyl groups is 1. The monoisotopic (exact) mass is 467 g/mol. The molecule has 2 heterocycles. The second kappa shape index (κ2) is 8.65. The van der Waals surface area contributed by atoms with E-state index in [-0.39, 0.29) is 23.1 Å². The van der Waals surface area contributed by atoms with Crippen LogP contribution in [0.3, 0.4) is 0 Å². The van der Waals surface area contributed by atoms with Crippen LogP contribution in [0, 0.1) is 5.82 Å². The van der Waals surface area contributed by atoms with Gasteiger partial charge in [-0.1, -0.05) is 41.4 Å². The third-order valence-electron chi connectivity index (χ3n) is 6.40. The van der Waals surface area contributed by atoms with Crippen LogP contribution in [0.2, 0.25) is 10.0 Å². The van der Waals surface area contributed by atoms with Crippen LogP contribution < -0.4 is 11.1 Å². The molecule has 6 nitrogen and oxygen atoms in total. The maximum absolute atomic E-state index is 15.3. The van der Waals surface area contributed by atoms with Crippen LogP contribution in [-0.2, 0) is 15.1 Å². The van der Waals surface area contributed by atoms with E-state index in [9.17, 15) is 9.90 Å². The van der Waals surface area contributed by atoms with Gasteiger partial charge in [-0.3, -0.25) is 9.69 Å². The summed E-state index contributed by atoms with van der Waals surface area (Å²) < 4.78 is 20.6. The molecule has 0 aromatic heterocycles. The van der Waals surface area contributed by atoms with Crippen molar-refractivity contribution < 1.29 is 19.0 Å². The van der Waals surface area contributed by atoms with Gasteiger partial charge in [0.05, 0.1) is 11.6 Å². The summed E-state index contributed by atoms with van der Waals surface area (Å²) in [6.45, 7) is 0.568. The number of benzene rings is 2. The van der Waals surface area contributed by atoms with Gasteiger partial charge in [0.1, 0.15) is 11.4 Å². The number of carbonyl (C=O) groups is 1. The number of hydrogen-bond donors (Lipinski definition) is 3. The third kappa shape index (κ3) is 3.35. The first-order chi connectivity index (χ1) is 14.9. The zero-order valence-electron chi connectivity index (χ0n) is 16.9. The van der Waals surface area contributed by atoms with Gasteiger partial charge in [0.25, 0.3) is 0 Å². The standard InChI is InChI=1S/C22H24Cl2FN3O3/c1-31-10-8-28-17(7-9-29)20(26)18(13-3-2-4-15(24)19(13)25)22(28)14-6-5-12(23)11-16(14)27-21(22)30/h2-6,11,17-18,20,29H,7-10,26H2,1H3,(H,27,30)/t17-,18-,20+,22+/m0/s1. The molecule has 1 amide bonds. The Morgan fingerprint density at radius 2 is 2.10 bits per heavy atom. The van der Waals surface area contributed by atoms with E-state index >= 15 is 4.39 Å². The molecular weight excluding hydrogens is 444 g/mol. The highest BCUT2D eigenvalue weighted by Crippen LogP contribution is 2.57. The number of hydrogen-bond acceptors (Lipinski definition) is 5. The number of nitrogens with zero attached hydrogens (tertiary/aromatic N) is 1. The number of halogens is 3. The zero-order valence-corrected chi connectivity index (χ0v) is 18.5. The van der Waals surface area contributed by atoms with Gasteiger partial charge in [-0.2, -0.15) is 0 Å². The largest absolute Gasteiger partial charge is 0.396 e. The molecule has 2 aliphatic heterocycles. The number of anilines is 1. The van der Waals surface area contributed by atoms with Crippen molar-refractivity contribution in [3.8, 4) is 0 Å². The van der Waals surface area contributed by atoms with Crippen molar-refractivity contribution in [2.45, 2.75) is 30.0 Å². The summed E-state index contributed by atoms with van der Waals surface area (Å²) in [5.74, 6) is -1.67. The molecule has 166 valence electrons. The lowest BCUT2D eigenvalue weighted by atomic mass is 9.73. The van der Waals surface area contributed by atoms with Crippen molar-refractivity contribution in [1.82, 2.24) is 4.90 Å². The van der Waals surface area contributed by atoms with E-state index in [1.54, 1.807) is 37.4 Å². The van der Waals surface area contributed by atoms with Gasteiger partial charge in [0, 0.05) is 54.5 Å². The topological polar surface area (TPSA) is 87.8 Å². The van der Waals surface area contributed by atoms with Crippen LogP contribution in [0.25, 0.3) is 0 Å². The fraction of sp³-hybridized carbons (Fsp3) is 0.409. The summed E-state index contributed by atoms with van der Waals surface area (Å²) in [6, 6.07) is 8.84. The number of fused-ring (bicyclic) bond motifs is 2. The number of nitrogens with two attached hydrogens (primary N) is 1. The Morgan fingerprint density at radius 3 is 2.81 bits per heavy atom. The van der Waals surface area contributed by atoms with Crippen molar-refractivity contribution in [2.75, 3.05) is 32.2 Å². The van der Waals surface area contributed by atoms with Crippen molar-refractivity contribution >= 4 is 34.8 Å². The summed E-state index contributed by atoms with van der Waals surface area (Å²) in [5, 5.41) is 13.1. The quantitative estimate of drug-likeness (QED) is 0.607. The summed E-state index contributed by atoms with van der Waals surface area (Å²) in [4.78, 5) is 15.6. The number of amides is 1. The van der Waals surface area contributed by atoms with Gasteiger partial charge < -0.3 is 20.9 Å². The first-order valence-corrected chi connectivity index (χ1v) is 10.8. The molecule has 0 unspecified atom stereocenters. The number of nitrogens with one attached hydrogen (secondary N) is 1. The number of aliphatic hydroxyl groups excluding tert-OH is 1. The zero-order chi connectivity index (χ0) is 22.3. The molecule has 0 aliphatic carbocycles. The number of likely N-dealkylation sites (tertiary alicyclic amines) is 1. The predicted octanol–water partition coefficient (Wildman–Crippen LogP) is 3.10. The van der Waals surface area contributed by atoms with Crippen LogP contribution in [-0.4, -0.2) is 54.9 Å². The normalized spacial score (nSPS) is 27.7. The first kappa shape index (κ1) is 22.5. The number of carbonyl (C=O) groups excluding carboxylic acids is 1. The summed E-state index contributed by atoms with van der Waals surface area (Å²) in [5.41, 5.74) is 6.90. The molecule has 2 aliphatic rings. The fourth-order valence-corrected chi connectivity index (χ4v) is 5.59. The average molecular weight is 468 g/mol. The Balaban J connectivity index is 2.01. The van der Waals surface area contributed by atoms with Gasteiger partial charge >= 0.3 is 0 Å². The Morgan fingerprint density at radius 1 is 1.32 bits per heavy atom. The lowest BCUT2D eigenvalue weighted by Gasteiger charge is -2.39. The molecular formula is C22H24Cl2FN3O3. The van der Waals surface area contributed by atoms with Crippen LogP contribution in [0.5, 0.6) is 0 Å². The van der Waals surface area contributed by atoms with Gasteiger partial charge in [-0.25, -0.2) is 4.39 Å². The summed E-state index contributed by atoms with van der Waals surface area (Å²) in [6.07, 6.45) is 0.321. The van der Waals surface area contributed by atoms with Crippen molar-refractivity contribution in [3.05, 3.63) is 63.4 Å². The molecule has 4 rings (SSSR count). The van der Waals surface area contributed by atoms with Gasteiger partial charge in [0.2, 0.25) is 5.91 Å². The molecule has 1 saturated heterocycles. The Labute approximate surface area is 190 Å². The van der Waals surface area contributed by atoms with E-state index in [2.05, 4.69) is 5.32 Å². The molecule has 0 bridgehead atoms. The van der Waals surface area contributed by atoms with E-state index in [0.29, 0.717) is 35.8 Å². The minimum atomic E-state index is -1.30. The van der Waals surface area contributed by atoms with E-state index in [4.69, 9.17) is 33.7 Å². The summed E-state index contributed by atoms with van der Waals surface area (Å²) >= 11 is 12.3. The van der Waals surface area contributed by atoms with Crippen molar-refractivity contribution in [3.63, 3.8) is 0 Å². The second-order valence-electron chi connectivity index (χ2n) is 7.87. The smallest absolute Gasteiger partial charge is 0.250 e. The highest BCUT2D eigenvalue weighted by molar-refractivity contribution is 6.31. The fourth-order valence-electron chi connectivity index (χ4n) is 5.24. The molecule has 2 aromatic carbocycles. The van der Waals surface area contributed by atoms with E-state index in [1.807, 2.05) is 4.90 Å². The maximum atomic E-state index is 15.3. The van der Waals surface area contributed by atoms with E-state index < -0.39 is 29.4 Å². The molecule has 1 spiro atoms. The lowest BCUT2D eigenvalue weighted by molar-refractivity contribution is -0.128. The number of methoxy groups -OCH3 is 1. The highest BCUT2D eigenvalue weighted by atomic mass is 35.5. The lowest BCUT2D eigenvalue weighted by Crippen LogP contribution is -2.53. The molecule has 31 heavy (non-hydrogen) atoms. The Hall–Kier alpha value is -1.74. The van der Waals surface area contributed by atoms with Gasteiger partial charge in [0.15, 0.2) is 0 Å². The van der Waals surface area contributed by atoms with Gasteiger partial charge in [-0.05, 0) is 30.2 Å². The number of rotatable bonds is 6. The molecule has 0 radical (unpaired) electrons. The van der Waals surface area contributed by atoms with Crippen molar-refractivity contribution in [2.24, 2.45) is 5.73 Å². The Bertz CT molecular complexity index is 1010. The van der Waals surface area contributed by atoms with E-state index in [0.717, 1.165) is 0 Å². The molecule has 2 aromatic rings. The average Bonchev–Trinajstić information content (AvgIpc) is 3.15. The Kier molecular flexibility index (Phi) is 6.27.